The van der Waals surface area contributed by atoms with E-state index >= 15 is 0 Å². The molecule has 2 atom stereocenters. The quantitative estimate of drug-likeness (QED) is 0.749. The van der Waals surface area contributed by atoms with Gasteiger partial charge in [-0.05, 0) is 12.3 Å². The average Bonchev–Trinajstić information content (AvgIpc) is 2.14. The summed E-state index contributed by atoms with van der Waals surface area (Å²) < 4.78 is 22.7. The van der Waals surface area contributed by atoms with E-state index in [1.807, 2.05) is 0 Å². The predicted octanol–water partition coefficient (Wildman–Crippen LogP) is 0.0902. The van der Waals surface area contributed by atoms with Crippen molar-refractivity contribution in [2.75, 3.05) is 31.1 Å². The first-order chi connectivity index (χ1) is 6.93. The highest BCUT2D eigenvalue weighted by Crippen LogP contribution is 2.14. The van der Waals surface area contributed by atoms with E-state index in [1.165, 1.54) is 0 Å². The Morgan fingerprint density at radius 3 is 2.60 bits per heavy atom. The van der Waals surface area contributed by atoms with Crippen LogP contribution in [0, 0.1) is 5.92 Å². The number of piperidine rings is 1. The van der Waals surface area contributed by atoms with Gasteiger partial charge in [-0.1, -0.05) is 13.8 Å². The summed E-state index contributed by atoms with van der Waals surface area (Å²) in [6.45, 7) is 6.31. The van der Waals surface area contributed by atoms with Crippen LogP contribution in [0.4, 0.5) is 0 Å². The van der Waals surface area contributed by atoms with Crippen LogP contribution in [-0.4, -0.2) is 50.5 Å². The topological polar surface area (TPSA) is 63.4 Å². The lowest BCUT2D eigenvalue weighted by Crippen LogP contribution is -2.47. The highest BCUT2D eigenvalue weighted by atomic mass is 32.2. The molecule has 0 saturated carbocycles. The fraction of sp³-hybridized carbons (Fsp3) is 1.00. The third kappa shape index (κ3) is 4.49. The molecule has 1 heterocycles. The van der Waals surface area contributed by atoms with Crippen LogP contribution >= 0.6 is 0 Å². The maximum absolute atomic E-state index is 11.3. The molecule has 0 aromatic rings. The summed E-state index contributed by atoms with van der Waals surface area (Å²) in [5, 5.41) is 0. The Morgan fingerprint density at radius 1 is 1.40 bits per heavy atom. The Kier molecular flexibility index (Phi) is 4.55. The van der Waals surface area contributed by atoms with Crippen molar-refractivity contribution in [1.82, 2.24) is 4.90 Å². The second-order valence-electron chi connectivity index (χ2n) is 4.60. The number of hydrogen-bond acceptors (Lipinski definition) is 4. The Morgan fingerprint density at radius 2 is 2.07 bits per heavy atom. The Balaban J connectivity index is 2.39. The largest absolute Gasteiger partial charge is 0.327 e. The molecule has 0 bridgehead atoms. The molecular formula is C10H22N2O2S. The zero-order valence-corrected chi connectivity index (χ0v) is 10.5. The van der Waals surface area contributed by atoms with Gasteiger partial charge in [-0.15, -0.1) is 0 Å². The molecule has 1 aliphatic rings. The molecule has 0 aromatic carbocycles. The highest BCUT2D eigenvalue weighted by Gasteiger charge is 2.22. The number of nitrogens with zero attached hydrogens (tertiary/aromatic N) is 1. The summed E-state index contributed by atoms with van der Waals surface area (Å²) in [5.41, 5.74) is 5.90. The summed E-state index contributed by atoms with van der Waals surface area (Å²) in [5.74, 6) is 1.09. The van der Waals surface area contributed by atoms with Crippen molar-refractivity contribution in [1.29, 1.82) is 0 Å². The van der Waals surface area contributed by atoms with E-state index in [0.717, 1.165) is 19.5 Å². The van der Waals surface area contributed by atoms with Gasteiger partial charge >= 0.3 is 0 Å². The zero-order valence-electron chi connectivity index (χ0n) is 9.65. The number of likely N-dealkylation sites (tertiary alicyclic amines) is 1. The molecule has 2 N–H and O–H groups in total. The summed E-state index contributed by atoms with van der Waals surface area (Å²) in [4.78, 5) is 2.17. The summed E-state index contributed by atoms with van der Waals surface area (Å²) in [7, 11) is -2.84. The minimum atomic E-state index is -2.84. The van der Waals surface area contributed by atoms with Crippen molar-refractivity contribution in [3.8, 4) is 0 Å². The molecule has 4 nitrogen and oxygen atoms in total. The van der Waals surface area contributed by atoms with Crippen LogP contribution in [0.1, 0.15) is 20.3 Å². The molecule has 0 spiro atoms. The van der Waals surface area contributed by atoms with Crippen LogP contribution in [0.5, 0.6) is 0 Å². The van der Waals surface area contributed by atoms with Gasteiger partial charge < -0.3 is 10.6 Å². The van der Waals surface area contributed by atoms with E-state index in [4.69, 9.17) is 5.73 Å². The van der Waals surface area contributed by atoms with Crippen LogP contribution in [0.2, 0.25) is 0 Å². The van der Waals surface area contributed by atoms with Crippen LogP contribution < -0.4 is 5.73 Å². The van der Waals surface area contributed by atoms with E-state index in [2.05, 4.69) is 11.8 Å². The first kappa shape index (κ1) is 12.9. The molecule has 1 rings (SSSR count). The van der Waals surface area contributed by atoms with Crippen molar-refractivity contribution in [2.45, 2.75) is 26.3 Å². The molecule has 5 heteroatoms. The van der Waals surface area contributed by atoms with Crippen LogP contribution in [0.15, 0.2) is 0 Å². The second-order valence-corrected chi connectivity index (χ2v) is 7.07. The van der Waals surface area contributed by atoms with Crippen LogP contribution in [0.25, 0.3) is 0 Å². The second kappa shape index (κ2) is 5.27. The van der Waals surface area contributed by atoms with E-state index in [0.29, 0.717) is 12.5 Å². The molecule has 2 unspecified atom stereocenters. The standard InChI is InChI=1S/C10H22N2O2S/c1-3-15(13,14)5-4-12-7-9(2)6-10(11)8-12/h9-10H,3-8,11H2,1-2H3. The molecular weight excluding hydrogens is 212 g/mol. The van der Waals surface area contributed by atoms with Crippen molar-refractivity contribution in [3.05, 3.63) is 0 Å². The van der Waals surface area contributed by atoms with Gasteiger partial charge in [0.1, 0.15) is 0 Å². The van der Waals surface area contributed by atoms with Gasteiger partial charge in [0, 0.05) is 31.4 Å². The number of sulfone groups is 1. The first-order valence-electron chi connectivity index (χ1n) is 5.61. The fourth-order valence-corrected chi connectivity index (χ4v) is 2.93. The number of rotatable bonds is 4. The fourth-order valence-electron chi connectivity index (χ4n) is 2.11. The van der Waals surface area contributed by atoms with E-state index in [1.54, 1.807) is 6.92 Å². The maximum atomic E-state index is 11.3. The van der Waals surface area contributed by atoms with Crippen LogP contribution in [0.3, 0.4) is 0 Å². The molecule has 1 fully saturated rings. The third-order valence-electron chi connectivity index (χ3n) is 2.93. The molecule has 1 aliphatic heterocycles. The van der Waals surface area contributed by atoms with Gasteiger partial charge in [-0.2, -0.15) is 0 Å². The summed E-state index contributed by atoms with van der Waals surface area (Å²) in [6, 6.07) is 0.207. The molecule has 0 aromatic heterocycles. The van der Waals surface area contributed by atoms with Crippen molar-refractivity contribution in [2.24, 2.45) is 11.7 Å². The zero-order chi connectivity index (χ0) is 11.5. The molecule has 1 saturated heterocycles. The molecule has 15 heavy (non-hydrogen) atoms. The maximum Gasteiger partial charge on any atom is 0.151 e. The Hall–Kier alpha value is -0.130. The lowest BCUT2D eigenvalue weighted by atomic mass is 9.97. The minimum absolute atomic E-state index is 0.207. The lowest BCUT2D eigenvalue weighted by molar-refractivity contribution is 0.174. The Bertz CT molecular complexity index is 280. The van der Waals surface area contributed by atoms with Gasteiger partial charge in [-0.3, -0.25) is 0 Å². The smallest absolute Gasteiger partial charge is 0.151 e. The predicted molar refractivity (Wildman–Crippen MR) is 62.5 cm³/mol. The van der Waals surface area contributed by atoms with E-state index < -0.39 is 9.84 Å². The summed E-state index contributed by atoms with van der Waals surface area (Å²) >= 11 is 0. The lowest BCUT2D eigenvalue weighted by Gasteiger charge is -2.34. The van der Waals surface area contributed by atoms with E-state index in [-0.39, 0.29) is 17.5 Å². The molecule has 90 valence electrons. The highest BCUT2D eigenvalue weighted by molar-refractivity contribution is 7.91. The molecule has 0 radical (unpaired) electrons. The normalized spacial score (nSPS) is 29.3. The van der Waals surface area contributed by atoms with E-state index in [9.17, 15) is 8.42 Å². The number of nitrogens with two attached hydrogens (primary N) is 1. The van der Waals surface area contributed by atoms with Gasteiger partial charge in [0.05, 0.1) is 5.75 Å². The third-order valence-corrected chi connectivity index (χ3v) is 4.61. The van der Waals surface area contributed by atoms with Gasteiger partial charge in [0.2, 0.25) is 0 Å². The number of hydrogen-bond donors (Lipinski definition) is 1. The molecule has 0 aliphatic carbocycles. The van der Waals surface area contributed by atoms with Crippen molar-refractivity contribution in [3.63, 3.8) is 0 Å². The molecule has 0 amide bonds. The van der Waals surface area contributed by atoms with Crippen molar-refractivity contribution < 1.29 is 8.42 Å². The van der Waals surface area contributed by atoms with Crippen molar-refractivity contribution >= 4 is 9.84 Å². The SMILES string of the molecule is CCS(=O)(=O)CCN1CC(C)CC(N)C1. The van der Waals surface area contributed by atoms with Gasteiger partial charge in [-0.25, -0.2) is 8.42 Å². The Labute approximate surface area is 92.7 Å². The first-order valence-corrected chi connectivity index (χ1v) is 7.43. The van der Waals surface area contributed by atoms with Crippen LogP contribution in [-0.2, 0) is 9.84 Å². The monoisotopic (exact) mass is 234 g/mol. The minimum Gasteiger partial charge on any atom is -0.327 e. The average molecular weight is 234 g/mol. The summed E-state index contributed by atoms with van der Waals surface area (Å²) in [6.07, 6.45) is 1.05. The van der Waals surface area contributed by atoms with Gasteiger partial charge in [0.25, 0.3) is 0 Å². The van der Waals surface area contributed by atoms with Gasteiger partial charge in [0.15, 0.2) is 9.84 Å².